The number of hydrogen-bond acceptors (Lipinski definition) is 5. The molecular weight excluding hydrogens is 399 g/mol. The van der Waals surface area contributed by atoms with Crippen LogP contribution in [-0.4, -0.2) is 43.1 Å². The molecule has 0 saturated carbocycles. The van der Waals surface area contributed by atoms with Crippen molar-refractivity contribution in [3.8, 4) is 0 Å². The van der Waals surface area contributed by atoms with Gasteiger partial charge in [0.2, 0.25) is 17.7 Å². The summed E-state index contributed by atoms with van der Waals surface area (Å²) in [6.07, 6.45) is -3.74. The maximum Gasteiger partial charge on any atom is 0.451 e. The van der Waals surface area contributed by atoms with Crippen molar-refractivity contribution in [3.63, 3.8) is 0 Å². The first-order valence-electron chi connectivity index (χ1n) is 9.02. The highest BCUT2D eigenvalue weighted by atomic mass is 19.4. The number of nitrogens with zero attached hydrogens (tertiary/aromatic N) is 5. The van der Waals surface area contributed by atoms with Gasteiger partial charge in [-0.1, -0.05) is 0 Å². The Kier molecular flexibility index (Phi) is 4.75. The van der Waals surface area contributed by atoms with Crippen molar-refractivity contribution >= 4 is 5.91 Å². The molecule has 2 aromatic rings. The quantitative estimate of drug-likeness (QED) is 0.609. The van der Waals surface area contributed by atoms with Crippen LogP contribution in [0, 0.1) is 11.8 Å². The highest BCUT2D eigenvalue weighted by Crippen LogP contribution is 2.36. The number of amides is 1. The molecule has 0 radical (unpaired) electrons. The van der Waals surface area contributed by atoms with Gasteiger partial charge in [0, 0.05) is 37.2 Å². The summed E-state index contributed by atoms with van der Waals surface area (Å²) in [4.78, 5) is 17.6. The smallest absolute Gasteiger partial charge is 0.333 e. The van der Waals surface area contributed by atoms with E-state index < -0.39 is 29.8 Å². The topological polar surface area (TPSA) is 89.9 Å². The third kappa shape index (κ3) is 3.56. The molecule has 2 atom stereocenters. The first kappa shape index (κ1) is 19.7. The Bertz CT molecular complexity index is 959. The average molecular weight is 416 g/mol. The first-order chi connectivity index (χ1) is 13.6. The van der Waals surface area contributed by atoms with Crippen LogP contribution in [0.15, 0.2) is 6.07 Å². The molecule has 4 rings (SSSR count). The van der Waals surface area contributed by atoms with E-state index in [1.54, 1.807) is 0 Å². The Balaban J connectivity index is 1.44. The Hall–Kier alpha value is -2.63. The van der Waals surface area contributed by atoms with Crippen LogP contribution in [0.5, 0.6) is 0 Å². The summed E-state index contributed by atoms with van der Waals surface area (Å²) in [5, 5.41) is 6.72. The summed E-state index contributed by atoms with van der Waals surface area (Å²) < 4.78 is 66.5. The molecule has 2 aromatic heterocycles. The van der Waals surface area contributed by atoms with Crippen LogP contribution in [0.25, 0.3) is 0 Å². The van der Waals surface area contributed by atoms with E-state index in [-0.39, 0.29) is 43.7 Å². The van der Waals surface area contributed by atoms with Gasteiger partial charge in [-0.05, 0) is 24.5 Å². The minimum atomic E-state index is -4.61. The van der Waals surface area contributed by atoms with Crippen molar-refractivity contribution in [1.82, 2.24) is 24.6 Å². The Morgan fingerprint density at radius 1 is 1.28 bits per heavy atom. The summed E-state index contributed by atoms with van der Waals surface area (Å²) >= 11 is 0. The fourth-order valence-electron chi connectivity index (χ4n) is 3.98. The second kappa shape index (κ2) is 7.01. The largest absolute Gasteiger partial charge is 0.451 e. The SMILES string of the molecule is NC(CC(=O)N1CCn2c(nnc2C(F)(F)F)C1)C1CCc2nc(F)c(F)cc21. The van der Waals surface area contributed by atoms with Gasteiger partial charge in [-0.15, -0.1) is 10.2 Å². The minimum Gasteiger partial charge on any atom is -0.333 e. The van der Waals surface area contributed by atoms with Gasteiger partial charge in [-0.3, -0.25) is 4.79 Å². The van der Waals surface area contributed by atoms with E-state index in [9.17, 15) is 26.7 Å². The number of nitrogens with two attached hydrogens (primary N) is 1. The first-order valence-corrected chi connectivity index (χ1v) is 9.02. The number of aryl methyl sites for hydroxylation is 1. The van der Waals surface area contributed by atoms with E-state index in [1.165, 1.54) is 4.90 Å². The Morgan fingerprint density at radius 2 is 2.03 bits per heavy atom. The third-order valence-electron chi connectivity index (χ3n) is 5.42. The fraction of sp³-hybridized carbons (Fsp3) is 0.529. The fourth-order valence-corrected chi connectivity index (χ4v) is 3.98. The molecule has 1 amide bonds. The van der Waals surface area contributed by atoms with Crippen molar-refractivity contribution in [3.05, 3.63) is 40.7 Å². The number of aromatic nitrogens is 4. The van der Waals surface area contributed by atoms with E-state index in [2.05, 4.69) is 15.2 Å². The summed E-state index contributed by atoms with van der Waals surface area (Å²) in [5.41, 5.74) is 7.10. The number of fused-ring (bicyclic) bond motifs is 2. The lowest BCUT2D eigenvalue weighted by Crippen LogP contribution is -2.42. The molecule has 0 saturated heterocycles. The zero-order chi connectivity index (χ0) is 20.9. The molecule has 3 heterocycles. The van der Waals surface area contributed by atoms with Crippen LogP contribution in [-0.2, 0) is 30.5 Å². The summed E-state index contributed by atoms with van der Waals surface area (Å²) in [5.74, 6) is -3.94. The lowest BCUT2D eigenvalue weighted by molar-refractivity contribution is -0.148. The Labute approximate surface area is 161 Å². The number of pyridine rings is 1. The van der Waals surface area contributed by atoms with Crippen molar-refractivity contribution < 1.29 is 26.7 Å². The molecule has 0 fully saturated rings. The van der Waals surface area contributed by atoms with Crippen LogP contribution in [0.1, 0.15) is 41.7 Å². The molecule has 156 valence electrons. The predicted octanol–water partition coefficient (Wildman–Crippen LogP) is 1.76. The van der Waals surface area contributed by atoms with Crippen molar-refractivity contribution in [1.29, 1.82) is 0 Å². The van der Waals surface area contributed by atoms with Gasteiger partial charge in [0.25, 0.3) is 0 Å². The third-order valence-corrected chi connectivity index (χ3v) is 5.42. The standard InChI is InChI=1S/C17H17F5N6O/c18-10-5-9-8(1-2-12(9)24-15(10)19)11(23)6-14(29)27-3-4-28-13(7-27)25-26-16(28)17(20,21)22/h5,8,11H,1-4,6-7,23H2. The molecule has 2 N–H and O–H groups in total. The van der Waals surface area contributed by atoms with Crippen molar-refractivity contribution in [2.45, 2.75) is 50.5 Å². The van der Waals surface area contributed by atoms with E-state index in [0.29, 0.717) is 24.1 Å². The van der Waals surface area contributed by atoms with Crippen molar-refractivity contribution in [2.75, 3.05) is 6.54 Å². The lowest BCUT2D eigenvalue weighted by atomic mass is 9.92. The molecule has 0 aromatic carbocycles. The lowest BCUT2D eigenvalue weighted by Gasteiger charge is -2.30. The predicted molar refractivity (Wildman–Crippen MR) is 88.2 cm³/mol. The molecule has 0 bridgehead atoms. The molecule has 7 nitrogen and oxygen atoms in total. The maximum absolute atomic E-state index is 13.5. The van der Waals surface area contributed by atoms with E-state index >= 15 is 0 Å². The van der Waals surface area contributed by atoms with E-state index in [1.807, 2.05) is 0 Å². The van der Waals surface area contributed by atoms with Gasteiger partial charge in [0.15, 0.2) is 11.6 Å². The van der Waals surface area contributed by atoms with Gasteiger partial charge < -0.3 is 15.2 Å². The normalized spacial score (nSPS) is 19.8. The van der Waals surface area contributed by atoms with Gasteiger partial charge >= 0.3 is 6.18 Å². The zero-order valence-electron chi connectivity index (χ0n) is 15.1. The van der Waals surface area contributed by atoms with Crippen LogP contribution < -0.4 is 5.73 Å². The van der Waals surface area contributed by atoms with Crippen LogP contribution in [0.2, 0.25) is 0 Å². The van der Waals surface area contributed by atoms with Gasteiger partial charge in [0.1, 0.15) is 0 Å². The number of halogens is 5. The molecule has 1 aliphatic heterocycles. The second-order valence-corrected chi connectivity index (χ2v) is 7.21. The van der Waals surface area contributed by atoms with Crippen molar-refractivity contribution in [2.24, 2.45) is 5.73 Å². The molecule has 12 heteroatoms. The molecule has 29 heavy (non-hydrogen) atoms. The van der Waals surface area contributed by atoms with Gasteiger partial charge in [-0.2, -0.15) is 17.6 Å². The highest BCUT2D eigenvalue weighted by Gasteiger charge is 2.40. The number of alkyl halides is 3. The number of hydrogen-bond donors (Lipinski definition) is 1. The molecule has 0 spiro atoms. The molecular formula is C17H17F5N6O. The maximum atomic E-state index is 13.5. The van der Waals surface area contributed by atoms with Gasteiger partial charge in [-0.25, -0.2) is 9.37 Å². The monoisotopic (exact) mass is 416 g/mol. The molecule has 2 aliphatic rings. The summed E-state index contributed by atoms with van der Waals surface area (Å²) in [6, 6.07) is 0.419. The van der Waals surface area contributed by atoms with Gasteiger partial charge in [0.05, 0.1) is 6.54 Å². The van der Waals surface area contributed by atoms with Crippen LogP contribution in [0.3, 0.4) is 0 Å². The minimum absolute atomic E-state index is 0.0541. The highest BCUT2D eigenvalue weighted by molar-refractivity contribution is 5.77. The van der Waals surface area contributed by atoms with Crippen LogP contribution in [0.4, 0.5) is 22.0 Å². The molecule has 2 unspecified atom stereocenters. The van der Waals surface area contributed by atoms with E-state index in [4.69, 9.17) is 5.73 Å². The summed E-state index contributed by atoms with van der Waals surface area (Å²) in [6.45, 7) is -0.0988. The van der Waals surface area contributed by atoms with Crippen LogP contribution >= 0.6 is 0 Å². The zero-order valence-corrected chi connectivity index (χ0v) is 15.1. The number of rotatable bonds is 3. The average Bonchev–Trinajstić information content (AvgIpc) is 3.25. The Morgan fingerprint density at radius 3 is 2.76 bits per heavy atom. The number of carbonyl (C=O) groups excluding carboxylic acids is 1. The molecule has 1 aliphatic carbocycles. The number of carbonyl (C=O) groups is 1. The second-order valence-electron chi connectivity index (χ2n) is 7.21. The summed E-state index contributed by atoms with van der Waals surface area (Å²) in [7, 11) is 0. The van der Waals surface area contributed by atoms with E-state index in [0.717, 1.165) is 10.6 Å².